The first-order valence-electron chi connectivity index (χ1n) is 12.9. The topological polar surface area (TPSA) is 98.3 Å². The van der Waals surface area contributed by atoms with E-state index in [1.807, 2.05) is 19.9 Å². The Bertz CT molecular complexity index is 1310. The molecule has 1 unspecified atom stereocenters. The van der Waals surface area contributed by atoms with E-state index in [0.717, 1.165) is 30.4 Å². The number of methoxy groups -OCH3 is 2. The normalized spacial score (nSPS) is 15.8. The molecule has 11 heteroatoms. The lowest BCUT2D eigenvalue weighted by molar-refractivity contribution is 0.0917. The van der Waals surface area contributed by atoms with Gasteiger partial charge in [-0.05, 0) is 55.7 Å². The largest absolute Gasteiger partial charge is 0.495 e. The zero-order valence-corrected chi connectivity index (χ0v) is 23.9. The smallest absolute Gasteiger partial charge is 0.260 e. The van der Waals surface area contributed by atoms with Crippen LogP contribution in [0.2, 0.25) is 0 Å². The number of amides is 1. The Morgan fingerprint density at radius 3 is 2.42 bits per heavy atom. The molecule has 2 aromatic carbocycles. The Kier molecular flexibility index (Phi) is 9.24. The molecule has 1 saturated heterocycles. The molecule has 3 aromatic rings. The Labute approximate surface area is 228 Å². The summed E-state index contributed by atoms with van der Waals surface area (Å²) >= 11 is 1.35. The van der Waals surface area contributed by atoms with Crippen molar-refractivity contribution in [3.63, 3.8) is 0 Å². The van der Waals surface area contributed by atoms with Crippen LogP contribution in [-0.4, -0.2) is 70.2 Å². The number of rotatable bonds is 12. The molecule has 9 nitrogen and oxygen atoms in total. The number of anilines is 1. The maximum absolute atomic E-state index is 13.8. The summed E-state index contributed by atoms with van der Waals surface area (Å²) in [5, 5.41) is 0.497. The zero-order chi connectivity index (χ0) is 27.3. The van der Waals surface area contributed by atoms with Crippen molar-refractivity contribution in [2.75, 3.05) is 45.4 Å². The molecule has 0 radical (unpaired) electrons. The highest BCUT2D eigenvalue weighted by molar-refractivity contribution is 7.89. The van der Waals surface area contributed by atoms with E-state index in [4.69, 9.17) is 19.2 Å². The van der Waals surface area contributed by atoms with Crippen LogP contribution in [0.25, 0.3) is 10.2 Å². The van der Waals surface area contributed by atoms with E-state index in [2.05, 4.69) is 0 Å². The van der Waals surface area contributed by atoms with E-state index in [-0.39, 0.29) is 16.9 Å². The van der Waals surface area contributed by atoms with Crippen molar-refractivity contribution in [1.82, 2.24) is 9.29 Å². The van der Waals surface area contributed by atoms with Crippen LogP contribution in [0.3, 0.4) is 0 Å². The molecular weight excluding hydrogens is 526 g/mol. The first-order chi connectivity index (χ1) is 18.3. The number of aromatic nitrogens is 1. The van der Waals surface area contributed by atoms with Gasteiger partial charge in [-0.15, -0.1) is 0 Å². The van der Waals surface area contributed by atoms with E-state index < -0.39 is 10.0 Å². The minimum Gasteiger partial charge on any atom is -0.495 e. The van der Waals surface area contributed by atoms with Gasteiger partial charge in [0.05, 0.1) is 31.8 Å². The van der Waals surface area contributed by atoms with Crippen LogP contribution >= 0.6 is 11.3 Å². The summed E-state index contributed by atoms with van der Waals surface area (Å²) in [7, 11) is -0.472. The van der Waals surface area contributed by atoms with E-state index in [9.17, 15) is 13.2 Å². The van der Waals surface area contributed by atoms with Gasteiger partial charge in [-0.2, -0.15) is 4.31 Å². The predicted octanol–water partition coefficient (Wildman–Crippen LogP) is 4.95. The number of thiazole rings is 1. The summed E-state index contributed by atoms with van der Waals surface area (Å²) in [5.41, 5.74) is 0.988. The lowest BCUT2D eigenvalue weighted by atomic mass is 10.2. The van der Waals surface area contributed by atoms with Gasteiger partial charge in [0.25, 0.3) is 5.91 Å². The molecule has 0 spiro atoms. The number of carbonyl (C=O) groups excluding carboxylic acids is 1. The van der Waals surface area contributed by atoms with E-state index in [1.165, 1.54) is 27.8 Å². The molecule has 1 aromatic heterocycles. The number of ether oxygens (including phenoxy) is 3. The van der Waals surface area contributed by atoms with E-state index >= 15 is 0 Å². The minimum atomic E-state index is -3.64. The number of sulfonamides is 1. The number of fused-ring (bicyclic) bond motifs is 1. The lowest BCUT2D eigenvalue weighted by Crippen LogP contribution is -2.37. The van der Waals surface area contributed by atoms with Crippen LogP contribution < -0.4 is 14.4 Å². The van der Waals surface area contributed by atoms with Crippen molar-refractivity contribution in [2.45, 2.75) is 50.5 Å². The Balaban J connectivity index is 1.68. The first kappa shape index (κ1) is 28.3. The Hall–Kier alpha value is -2.73. The second-order valence-corrected chi connectivity index (χ2v) is 12.0. The number of hydrogen-bond acceptors (Lipinski definition) is 8. The van der Waals surface area contributed by atoms with Gasteiger partial charge in [0, 0.05) is 25.3 Å². The zero-order valence-electron chi connectivity index (χ0n) is 22.3. The first-order valence-corrected chi connectivity index (χ1v) is 15.1. The van der Waals surface area contributed by atoms with Crippen LogP contribution in [-0.2, 0) is 14.8 Å². The molecule has 1 aliphatic heterocycles. The van der Waals surface area contributed by atoms with Gasteiger partial charge in [0.2, 0.25) is 10.0 Å². The number of hydrogen-bond donors (Lipinski definition) is 0. The Morgan fingerprint density at radius 1 is 1.11 bits per heavy atom. The Morgan fingerprint density at radius 2 is 1.82 bits per heavy atom. The molecule has 206 valence electrons. The monoisotopic (exact) mass is 561 g/mol. The van der Waals surface area contributed by atoms with Gasteiger partial charge in [0.15, 0.2) is 5.13 Å². The maximum Gasteiger partial charge on any atom is 0.260 e. The van der Waals surface area contributed by atoms with Crippen molar-refractivity contribution in [3.05, 3.63) is 42.0 Å². The summed E-state index contributed by atoms with van der Waals surface area (Å²) in [6, 6.07) is 9.75. The molecule has 1 fully saturated rings. The molecule has 0 N–H and O–H groups in total. The van der Waals surface area contributed by atoms with Gasteiger partial charge in [0.1, 0.15) is 21.7 Å². The van der Waals surface area contributed by atoms with Crippen LogP contribution in [0.4, 0.5) is 5.13 Å². The highest BCUT2D eigenvalue weighted by atomic mass is 32.2. The second kappa shape index (κ2) is 12.4. The molecule has 2 heterocycles. The van der Waals surface area contributed by atoms with Gasteiger partial charge < -0.3 is 14.2 Å². The summed E-state index contributed by atoms with van der Waals surface area (Å²) in [6.45, 7) is 5.71. The SMILES string of the molecule is CCCCN(CC)S(=O)(=O)c1ccc(C(=O)N(CC2CCCO2)c2nc3c(OC)ccc(OC)c3s2)cc1. The standard InChI is InChI=1S/C27H35N3O6S2/c1-5-7-16-29(6-2)38(32,33)21-12-10-19(11-13-21)26(31)30(18-20-9-8-17-36-20)27-28-24-22(34-3)14-15-23(35-4)25(24)37-27/h10-15,20H,5-9,16-18H2,1-4H3. The summed E-state index contributed by atoms with van der Waals surface area (Å²) in [6.07, 6.45) is 3.38. The number of carbonyl (C=O) groups is 1. The average Bonchev–Trinajstić information content (AvgIpc) is 3.61. The van der Waals surface area contributed by atoms with Crippen LogP contribution in [0, 0.1) is 0 Å². The van der Waals surface area contributed by atoms with Crippen molar-refractivity contribution in [3.8, 4) is 11.5 Å². The molecule has 1 atom stereocenters. The van der Waals surface area contributed by atoms with Gasteiger partial charge >= 0.3 is 0 Å². The van der Waals surface area contributed by atoms with Crippen molar-refractivity contribution in [2.24, 2.45) is 0 Å². The van der Waals surface area contributed by atoms with Crippen molar-refractivity contribution in [1.29, 1.82) is 0 Å². The fraction of sp³-hybridized carbons (Fsp3) is 0.481. The quantitative estimate of drug-likeness (QED) is 0.309. The van der Waals surface area contributed by atoms with Crippen LogP contribution in [0.15, 0.2) is 41.3 Å². The summed E-state index contributed by atoms with van der Waals surface area (Å²) in [5.74, 6) is 0.956. The average molecular weight is 562 g/mol. The number of benzene rings is 2. The third-order valence-corrected chi connectivity index (χ3v) is 9.72. The minimum absolute atomic E-state index is 0.105. The van der Waals surface area contributed by atoms with Gasteiger partial charge in [-0.1, -0.05) is 31.6 Å². The predicted molar refractivity (Wildman–Crippen MR) is 149 cm³/mol. The summed E-state index contributed by atoms with van der Waals surface area (Å²) < 4.78 is 45.4. The molecule has 0 aliphatic carbocycles. The van der Waals surface area contributed by atoms with Crippen molar-refractivity contribution >= 4 is 42.6 Å². The van der Waals surface area contributed by atoms with Crippen LogP contribution in [0.5, 0.6) is 11.5 Å². The van der Waals surface area contributed by atoms with E-state index in [0.29, 0.717) is 54.0 Å². The number of nitrogens with zero attached hydrogens (tertiary/aromatic N) is 3. The second-order valence-electron chi connectivity index (χ2n) is 9.07. The molecule has 1 aliphatic rings. The van der Waals surface area contributed by atoms with Crippen molar-refractivity contribution < 1.29 is 27.4 Å². The maximum atomic E-state index is 13.8. The highest BCUT2D eigenvalue weighted by Gasteiger charge is 2.29. The third kappa shape index (κ3) is 5.80. The molecular formula is C27H35N3O6S2. The molecule has 1 amide bonds. The van der Waals surface area contributed by atoms with Gasteiger partial charge in [-0.3, -0.25) is 9.69 Å². The number of unbranched alkanes of at least 4 members (excludes halogenated alkanes) is 1. The summed E-state index contributed by atoms with van der Waals surface area (Å²) in [4.78, 5) is 20.4. The third-order valence-electron chi connectivity index (χ3n) is 6.64. The van der Waals surface area contributed by atoms with Crippen LogP contribution in [0.1, 0.15) is 49.9 Å². The lowest BCUT2D eigenvalue weighted by Gasteiger charge is -2.23. The molecule has 38 heavy (non-hydrogen) atoms. The molecule has 0 saturated carbocycles. The highest BCUT2D eigenvalue weighted by Crippen LogP contribution is 2.40. The van der Waals surface area contributed by atoms with E-state index in [1.54, 1.807) is 37.3 Å². The van der Waals surface area contributed by atoms with Gasteiger partial charge in [-0.25, -0.2) is 13.4 Å². The fourth-order valence-corrected chi connectivity index (χ4v) is 7.06. The molecule has 0 bridgehead atoms. The fourth-order valence-electron chi connectivity index (χ4n) is 4.49. The molecule has 4 rings (SSSR count).